The summed E-state index contributed by atoms with van der Waals surface area (Å²) >= 11 is 0. The van der Waals surface area contributed by atoms with Gasteiger partial charge in [-0.15, -0.1) is 0 Å². The van der Waals surface area contributed by atoms with Crippen LogP contribution < -0.4 is 15.4 Å². The Hall–Kier alpha value is -2.94. The Balaban J connectivity index is 2.12. The van der Waals surface area contributed by atoms with Crippen molar-refractivity contribution in [1.29, 1.82) is 0 Å². The van der Waals surface area contributed by atoms with Gasteiger partial charge < -0.3 is 25.4 Å². The van der Waals surface area contributed by atoms with Gasteiger partial charge in [-0.2, -0.15) is 0 Å². The van der Waals surface area contributed by atoms with E-state index in [2.05, 4.69) is 35.6 Å². The summed E-state index contributed by atoms with van der Waals surface area (Å²) in [7, 11) is 2.13. The molecule has 1 aliphatic heterocycles. The van der Waals surface area contributed by atoms with E-state index in [-0.39, 0.29) is 24.2 Å². The van der Waals surface area contributed by atoms with Gasteiger partial charge >= 0.3 is 11.9 Å². The van der Waals surface area contributed by atoms with Crippen LogP contribution in [0.4, 0.5) is 0 Å². The van der Waals surface area contributed by atoms with Gasteiger partial charge in [-0.05, 0) is 62.9 Å². The molecule has 0 aliphatic carbocycles. The Morgan fingerprint density at radius 1 is 1.17 bits per heavy atom. The highest BCUT2D eigenvalue weighted by Crippen LogP contribution is 2.37. The Morgan fingerprint density at radius 3 is 2.50 bits per heavy atom. The molecule has 1 unspecified atom stereocenters. The predicted octanol–water partition coefficient (Wildman–Crippen LogP) is 2.87. The van der Waals surface area contributed by atoms with Crippen molar-refractivity contribution in [2.45, 2.75) is 83.7 Å². The highest BCUT2D eigenvalue weighted by atomic mass is 16.5. The third kappa shape index (κ3) is 8.33. The maximum atomic E-state index is 13.0. The molecule has 1 fully saturated rings. The summed E-state index contributed by atoms with van der Waals surface area (Å²) < 4.78 is 5.65. The quantitative estimate of drug-likeness (QED) is 0.313. The van der Waals surface area contributed by atoms with Gasteiger partial charge in [0.2, 0.25) is 11.8 Å². The number of amides is 2. The van der Waals surface area contributed by atoms with Crippen molar-refractivity contribution in [1.82, 2.24) is 15.5 Å². The van der Waals surface area contributed by atoms with Crippen molar-refractivity contribution >= 4 is 23.8 Å². The molecule has 9 heteroatoms. The first-order chi connectivity index (χ1) is 17.0. The zero-order chi connectivity index (χ0) is 26.9. The molecule has 200 valence electrons. The lowest BCUT2D eigenvalue weighted by Crippen LogP contribution is -2.46. The van der Waals surface area contributed by atoms with Gasteiger partial charge in [0, 0.05) is 25.3 Å². The van der Waals surface area contributed by atoms with Crippen LogP contribution in [0.2, 0.25) is 0 Å². The molecule has 0 radical (unpaired) electrons. The van der Waals surface area contributed by atoms with Crippen molar-refractivity contribution in [3.05, 3.63) is 29.8 Å². The van der Waals surface area contributed by atoms with Crippen molar-refractivity contribution in [3.8, 4) is 5.75 Å². The summed E-state index contributed by atoms with van der Waals surface area (Å²) in [5, 5.41) is 14.3. The number of nitrogens with one attached hydrogen (secondary N) is 2. The fourth-order valence-electron chi connectivity index (χ4n) is 4.85. The highest BCUT2D eigenvalue weighted by Gasteiger charge is 2.34. The average Bonchev–Trinajstić information content (AvgIpc) is 3.01. The van der Waals surface area contributed by atoms with E-state index in [4.69, 9.17) is 4.74 Å². The van der Waals surface area contributed by atoms with E-state index in [1.165, 1.54) is 6.92 Å². The van der Waals surface area contributed by atoms with Crippen molar-refractivity contribution < 1.29 is 29.0 Å². The number of benzene rings is 1. The number of likely N-dealkylation sites (tertiary alicyclic amines) is 1. The van der Waals surface area contributed by atoms with Crippen LogP contribution >= 0.6 is 0 Å². The smallest absolute Gasteiger partial charge is 0.334 e. The summed E-state index contributed by atoms with van der Waals surface area (Å²) in [6, 6.07) is 5.49. The van der Waals surface area contributed by atoms with Crippen LogP contribution in [0.1, 0.15) is 71.8 Å². The SMILES string of the molecule is CCC1(c2cccc(OC(=O)[C@H](CCC(=O)N[C@H](C(=O)O)C(C)C)NC(C)=O)c2)CCCCN(C)C1. The van der Waals surface area contributed by atoms with Gasteiger partial charge in [0.25, 0.3) is 0 Å². The number of likely N-dealkylation sites (N-methyl/N-ethyl adjacent to an activating group) is 1. The molecule has 0 aromatic heterocycles. The second kappa shape index (κ2) is 13.4. The van der Waals surface area contributed by atoms with Gasteiger partial charge in [0.1, 0.15) is 17.8 Å². The van der Waals surface area contributed by atoms with Crippen LogP contribution in [0.5, 0.6) is 5.75 Å². The summed E-state index contributed by atoms with van der Waals surface area (Å²) in [4.78, 5) is 50.7. The van der Waals surface area contributed by atoms with Gasteiger partial charge in [-0.1, -0.05) is 39.3 Å². The molecule has 3 atom stereocenters. The van der Waals surface area contributed by atoms with E-state index in [1.807, 2.05) is 12.1 Å². The van der Waals surface area contributed by atoms with E-state index in [0.717, 1.165) is 44.3 Å². The normalized spacial score (nSPS) is 20.2. The fraction of sp³-hybridized carbons (Fsp3) is 0.630. The van der Waals surface area contributed by atoms with Crippen LogP contribution in [0.25, 0.3) is 0 Å². The first-order valence-electron chi connectivity index (χ1n) is 12.8. The predicted molar refractivity (Wildman–Crippen MR) is 137 cm³/mol. The lowest BCUT2D eigenvalue weighted by atomic mass is 9.74. The van der Waals surface area contributed by atoms with Crippen LogP contribution in [-0.4, -0.2) is 66.0 Å². The first kappa shape index (κ1) is 29.3. The molecule has 36 heavy (non-hydrogen) atoms. The summed E-state index contributed by atoms with van der Waals surface area (Å²) in [6.45, 7) is 8.85. The molecule has 0 saturated carbocycles. The topological polar surface area (TPSA) is 125 Å². The van der Waals surface area contributed by atoms with Crippen molar-refractivity contribution in [3.63, 3.8) is 0 Å². The number of carboxylic acid groups (broad SMARTS) is 1. The molecule has 1 saturated heterocycles. The standard InChI is InChI=1S/C27H41N3O6/c1-6-27(14-7-8-15-30(5)17-27)20-10-9-11-21(16-20)36-26(35)22(28-19(4)31)12-13-23(32)29-24(18(2)3)25(33)34/h9-11,16,18,22,24H,6-8,12-15,17H2,1-5H3,(H,28,31)(H,29,32)(H,33,34)/t22-,24-,27?/m0/s1. The number of nitrogens with zero attached hydrogens (tertiary/aromatic N) is 1. The molecule has 2 rings (SSSR count). The lowest BCUT2D eigenvalue weighted by molar-refractivity contribution is -0.143. The minimum Gasteiger partial charge on any atom is -0.480 e. The summed E-state index contributed by atoms with van der Waals surface area (Å²) in [6.07, 6.45) is 4.16. The molecule has 0 bridgehead atoms. The van der Waals surface area contributed by atoms with Gasteiger partial charge in [-0.3, -0.25) is 9.59 Å². The Kier molecular flexibility index (Phi) is 10.9. The summed E-state index contributed by atoms with van der Waals surface area (Å²) in [5.74, 6) is -2.64. The van der Waals surface area contributed by atoms with Crippen molar-refractivity contribution in [2.75, 3.05) is 20.1 Å². The zero-order valence-corrected chi connectivity index (χ0v) is 22.1. The Bertz CT molecular complexity index is 934. The van der Waals surface area contributed by atoms with E-state index in [9.17, 15) is 24.3 Å². The number of carbonyl (C=O) groups excluding carboxylic acids is 3. The van der Waals surface area contributed by atoms with Crippen LogP contribution in [0.3, 0.4) is 0 Å². The number of esters is 1. The monoisotopic (exact) mass is 503 g/mol. The largest absolute Gasteiger partial charge is 0.480 e. The van der Waals surface area contributed by atoms with Crippen LogP contribution in [0.15, 0.2) is 24.3 Å². The molecule has 1 heterocycles. The number of carbonyl (C=O) groups is 4. The number of hydrogen-bond donors (Lipinski definition) is 3. The Morgan fingerprint density at radius 2 is 1.89 bits per heavy atom. The third-order valence-corrected chi connectivity index (χ3v) is 6.93. The van der Waals surface area contributed by atoms with E-state index in [0.29, 0.717) is 5.75 Å². The van der Waals surface area contributed by atoms with Gasteiger partial charge in [0.15, 0.2) is 0 Å². The molecule has 1 aliphatic rings. The molecule has 2 amide bonds. The lowest BCUT2D eigenvalue weighted by Gasteiger charge is -2.35. The average molecular weight is 504 g/mol. The van der Waals surface area contributed by atoms with E-state index >= 15 is 0 Å². The fourth-order valence-corrected chi connectivity index (χ4v) is 4.85. The van der Waals surface area contributed by atoms with Gasteiger partial charge in [0.05, 0.1) is 0 Å². The second-order valence-corrected chi connectivity index (χ2v) is 10.2. The third-order valence-electron chi connectivity index (χ3n) is 6.93. The number of carboxylic acids is 1. The minimum atomic E-state index is -1.12. The maximum Gasteiger partial charge on any atom is 0.334 e. The molecule has 1 aromatic carbocycles. The van der Waals surface area contributed by atoms with Crippen molar-refractivity contribution in [2.24, 2.45) is 5.92 Å². The molecule has 0 spiro atoms. The Labute approximate surface area is 214 Å². The molecule has 9 nitrogen and oxygen atoms in total. The maximum absolute atomic E-state index is 13.0. The molecular formula is C27H41N3O6. The van der Waals surface area contributed by atoms with Gasteiger partial charge in [-0.25, -0.2) is 9.59 Å². The number of rotatable bonds is 11. The van der Waals surface area contributed by atoms with E-state index in [1.54, 1.807) is 19.9 Å². The molecule has 1 aromatic rings. The minimum absolute atomic E-state index is 0.0158. The summed E-state index contributed by atoms with van der Waals surface area (Å²) in [5.41, 5.74) is 1.09. The second-order valence-electron chi connectivity index (χ2n) is 10.2. The molecular weight excluding hydrogens is 462 g/mol. The van der Waals surface area contributed by atoms with Crippen LogP contribution in [-0.2, 0) is 24.6 Å². The highest BCUT2D eigenvalue weighted by molar-refractivity contribution is 5.86. The molecule has 3 N–H and O–H groups in total. The first-order valence-corrected chi connectivity index (χ1v) is 12.8. The van der Waals surface area contributed by atoms with E-state index < -0.39 is 35.8 Å². The van der Waals surface area contributed by atoms with Crippen LogP contribution in [0, 0.1) is 5.92 Å². The number of hydrogen-bond acceptors (Lipinski definition) is 6. The zero-order valence-electron chi connectivity index (χ0n) is 22.1. The number of ether oxygens (including phenoxy) is 1. The number of aliphatic carboxylic acids is 1.